The Bertz CT molecular complexity index is 1260. The number of anilines is 2. The Morgan fingerprint density at radius 2 is 1.59 bits per heavy atom. The van der Waals surface area contributed by atoms with Gasteiger partial charge in [0.25, 0.3) is 0 Å². The van der Waals surface area contributed by atoms with Gasteiger partial charge in [0.05, 0.1) is 17.9 Å². The van der Waals surface area contributed by atoms with Gasteiger partial charge in [-0.25, -0.2) is 4.79 Å². The molecule has 0 saturated carbocycles. The molecule has 3 aromatic rings. The van der Waals surface area contributed by atoms with E-state index < -0.39 is 5.97 Å². The van der Waals surface area contributed by atoms with Crippen molar-refractivity contribution in [2.75, 3.05) is 11.9 Å². The van der Waals surface area contributed by atoms with Crippen LogP contribution in [0.1, 0.15) is 44.3 Å². The van der Waals surface area contributed by atoms with Crippen molar-refractivity contribution in [1.82, 2.24) is 0 Å². The van der Waals surface area contributed by atoms with Crippen LogP contribution in [0.5, 0.6) is 5.75 Å². The van der Waals surface area contributed by atoms with E-state index in [1.165, 1.54) is 12.1 Å². The number of hydrogen-bond donors (Lipinski definition) is 2. The number of ketones is 2. The summed E-state index contributed by atoms with van der Waals surface area (Å²) < 4.78 is 5.11. The Morgan fingerprint density at radius 3 is 2.25 bits per heavy atom. The van der Waals surface area contributed by atoms with Crippen molar-refractivity contribution in [1.29, 1.82) is 0 Å². The molecule has 0 amide bonds. The van der Waals surface area contributed by atoms with Crippen molar-refractivity contribution in [3.63, 3.8) is 0 Å². The second-order valence-corrected chi connectivity index (χ2v) is 7.57. The highest BCUT2D eigenvalue weighted by atomic mass is 16.5. The lowest BCUT2D eigenvalue weighted by Gasteiger charge is -2.21. The largest absolute Gasteiger partial charge is 0.506 e. The molecule has 0 aliphatic heterocycles. The summed E-state index contributed by atoms with van der Waals surface area (Å²) in [4.78, 5) is 37.5. The molecular weight excluding hydrogens is 406 g/mol. The first kappa shape index (κ1) is 21.1. The number of fused-ring (bicyclic) bond motifs is 2. The molecule has 0 fully saturated rings. The molecule has 6 heteroatoms. The number of phenolic OH excluding ortho intramolecular Hbond substituents is 1. The van der Waals surface area contributed by atoms with Gasteiger partial charge in [-0.1, -0.05) is 43.0 Å². The maximum atomic E-state index is 13.1. The molecule has 4 rings (SSSR count). The van der Waals surface area contributed by atoms with E-state index in [0.717, 1.165) is 5.56 Å². The topological polar surface area (TPSA) is 92.7 Å². The molecule has 0 bridgehead atoms. The Hall–Kier alpha value is -4.19. The minimum absolute atomic E-state index is 0.125. The van der Waals surface area contributed by atoms with Crippen LogP contribution in [0.4, 0.5) is 11.4 Å². The van der Waals surface area contributed by atoms with E-state index in [0.29, 0.717) is 28.8 Å². The standard InChI is InChI=1S/C26H21NO5/c1-15(2)26(31)32-14-13-16-7-9-17(10-8-16)27-23-21(28)12-11-20-22(23)25(30)19-6-4-3-5-18(19)24(20)29/h3-12,27-28H,1,13-14H2,2H3. The molecule has 0 aromatic heterocycles. The first-order valence-electron chi connectivity index (χ1n) is 10.1. The van der Waals surface area contributed by atoms with E-state index in [2.05, 4.69) is 11.9 Å². The molecule has 0 unspecified atom stereocenters. The van der Waals surface area contributed by atoms with Crippen LogP contribution >= 0.6 is 0 Å². The molecular formula is C26H21NO5. The molecule has 0 radical (unpaired) electrons. The minimum atomic E-state index is -0.423. The number of hydrogen-bond acceptors (Lipinski definition) is 6. The average molecular weight is 427 g/mol. The fraction of sp³-hybridized carbons (Fsp3) is 0.115. The van der Waals surface area contributed by atoms with Crippen LogP contribution in [-0.4, -0.2) is 29.2 Å². The van der Waals surface area contributed by atoms with Crippen LogP contribution in [0, 0.1) is 0 Å². The number of nitrogens with one attached hydrogen (secondary N) is 1. The molecule has 1 aliphatic rings. The highest BCUT2D eigenvalue weighted by Gasteiger charge is 2.32. The highest BCUT2D eigenvalue weighted by Crippen LogP contribution is 2.38. The van der Waals surface area contributed by atoms with Gasteiger partial charge in [-0.05, 0) is 36.8 Å². The van der Waals surface area contributed by atoms with Gasteiger partial charge in [-0.3, -0.25) is 9.59 Å². The zero-order valence-corrected chi connectivity index (χ0v) is 17.5. The SMILES string of the molecule is C=C(C)C(=O)OCCc1ccc(Nc2c(O)ccc3c2C(=O)c2ccccc2C3=O)cc1. The maximum Gasteiger partial charge on any atom is 0.333 e. The zero-order chi connectivity index (χ0) is 22.8. The van der Waals surface area contributed by atoms with Crippen LogP contribution in [0.25, 0.3) is 0 Å². The normalized spacial score (nSPS) is 12.0. The first-order chi connectivity index (χ1) is 15.4. The van der Waals surface area contributed by atoms with E-state index in [-0.39, 0.29) is 40.7 Å². The molecule has 0 heterocycles. The number of rotatable bonds is 6. The third-order valence-electron chi connectivity index (χ3n) is 5.27. The Labute approximate surface area is 185 Å². The molecule has 160 valence electrons. The fourth-order valence-electron chi connectivity index (χ4n) is 3.59. The molecule has 0 atom stereocenters. The van der Waals surface area contributed by atoms with Crippen LogP contribution in [0.15, 0.2) is 72.8 Å². The van der Waals surface area contributed by atoms with E-state index >= 15 is 0 Å². The number of aromatic hydroxyl groups is 1. The predicted octanol–water partition coefficient (Wildman–Crippen LogP) is 4.57. The number of benzene rings is 3. The van der Waals surface area contributed by atoms with Gasteiger partial charge >= 0.3 is 5.97 Å². The van der Waals surface area contributed by atoms with Gasteiger partial charge in [-0.15, -0.1) is 0 Å². The highest BCUT2D eigenvalue weighted by molar-refractivity contribution is 6.30. The summed E-state index contributed by atoms with van der Waals surface area (Å²) in [6.45, 7) is 5.38. The summed E-state index contributed by atoms with van der Waals surface area (Å²) in [7, 11) is 0. The van der Waals surface area contributed by atoms with E-state index in [9.17, 15) is 19.5 Å². The van der Waals surface area contributed by atoms with Gasteiger partial charge in [0.2, 0.25) is 0 Å². The molecule has 6 nitrogen and oxygen atoms in total. The van der Waals surface area contributed by atoms with Crippen molar-refractivity contribution in [3.05, 3.63) is 101 Å². The number of phenols is 1. The number of carbonyl (C=O) groups is 3. The molecule has 1 aliphatic carbocycles. The van der Waals surface area contributed by atoms with Gasteiger partial charge in [-0.2, -0.15) is 0 Å². The van der Waals surface area contributed by atoms with Crippen molar-refractivity contribution >= 4 is 28.9 Å². The van der Waals surface area contributed by atoms with Crippen LogP contribution in [0.3, 0.4) is 0 Å². The summed E-state index contributed by atoms with van der Waals surface area (Å²) in [6.07, 6.45) is 0.537. The summed E-state index contributed by atoms with van der Waals surface area (Å²) in [5.41, 5.74) is 3.22. The monoisotopic (exact) mass is 427 g/mol. The quantitative estimate of drug-likeness (QED) is 0.266. The van der Waals surface area contributed by atoms with Crippen LogP contribution in [-0.2, 0) is 16.0 Å². The van der Waals surface area contributed by atoms with Crippen LogP contribution < -0.4 is 5.32 Å². The summed E-state index contributed by atoms with van der Waals surface area (Å²) in [5.74, 6) is -1.11. The molecule has 3 aromatic carbocycles. The third kappa shape index (κ3) is 3.90. The zero-order valence-electron chi connectivity index (χ0n) is 17.5. The molecule has 0 spiro atoms. The predicted molar refractivity (Wildman–Crippen MR) is 121 cm³/mol. The smallest absolute Gasteiger partial charge is 0.333 e. The number of carbonyl (C=O) groups excluding carboxylic acids is 3. The maximum absolute atomic E-state index is 13.1. The van der Waals surface area contributed by atoms with Crippen molar-refractivity contribution in [2.24, 2.45) is 0 Å². The van der Waals surface area contributed by atoms with Gasteiger partial charge in [0.1, 0.15) is 5.75 Å². The third-order valence-corrected chi connectivity index (χ3v) is 5.27. The summed E-state index contributed by atoms with van der Waals surface area (Å²) >= 11 is 0. The first-order valence-corrected chi connectivity index (χ1v) is 10.1. The van der Waals surface area contributed by atoms with Gasteiger partial charge in [0.15, 0.2) is 11.6 Å². The average Bonchev–Trinajstić information content (AvgIpc) is 2.79. The van der Waals surface area contributed by atoms with Crippen molar-refractivity contribution in [3.8, 4) is 5.75 Å². The van der Waals surface area contributed by atoms with Crippen LogP contribution in [0.2, 0.25) is 0 Å². The Balaban J connectivity index is 1.57. The second kappa shape index (κ2) is 8.51. The second-order valence-electron chi connectivity index (χ2n) is 7.57. The van der Waals surface area contributed by atoms with E-state index in [1.807, 2.05) is 12.1 Å². The van der Waals surface area contributed by atoms with E-state index in [4.69, 9.17) is 4.74 Å². The lowest BCUT2D eigenvalue weighted by atomic mass is 9.83. The molecule has 32 heavy (non-hydrogen) atoms. The van der Waals surface area contributed by atoms with Gasteiger partial charge < -0.3 is 15.2 Å². The van der Waals surface area contributed by atoms with Gasteiger partial charge in [0, 0.05) is 34.4 Å². The minimum Gasteiger partial charge on any atom is -0.506 e. The lowest BCUT2D eigenvalue weighted by molar-refractivity contribution is -0.138. The summed E-state index contributed by atoms with van der Waals surface area (Å²) in [5, 5.41) is 13.5. The van der Waals surface area contributed by atoms with Crippen molar-refractivity contribution in [2.45, 2.75) is 13.3 Å². The lowest BCUT2D eigenvalue weighted by Crippen LogP contribution is -2.22. The number of ether oxygens (including phenoxy) is 1. The fourth-order valence-corrected chi connectivity index (χ4v) is 3.59. The number of esters is 1. The Kier molecular flexibility index (Phi) is 5.60. The van der Waals surface area contributed by atoms with Crippen molar-refractivity contribution < 1.29 is 24.2 Å². The molecule has 0 saturated heterocycles. The molecule has 2 N–H and O–H groups in total. The Morgan fingerprint density at radius 1 is 0.938 bits per heavy atom. The summed E-state index contributed by atoms with van der Waals surface area (Å²) in [6, 6.07) is 16.8. The van der Waals surface area contributed by atoms with E-state index in [1.54, 1.807) is 43.3 Å².